The van der Waals surface area contributed by atoms with Gasteiger partial charge in [0.1, 0.15) is 0 Å². The van der Waals surface area contributed by atoms with Crippen molar-refractivity contribution in [2.24, 2.45) is 0 Å². The summed E-state index contributed by atoms with van der Waals surface area (Å²) in [6.45, 7) is 0. The molecule has 0 aliphatic heterocycles. The second-order valence-corrected chi connectivity index (χ2v) is 6.84. The van der Waals surface area contributed by atoms with E-state index in [2.05, 4.69) is 41.3 Å². The molecule has 0 unspecified atom stereocenters. The topological polar surface area (TPSA) is 20.3 Å². The van der Waals surface area contributed by atoms with Gasteiger partial charge in [-0.2, -0.15) is 0 Å². The first kappa shape index (κ1) is 17.0. The molecule has 0 bridgehead atoms. The first-order chi connectivity index (χ1) is 13.1. The van der Waals surface area contributed by atoms with Gasteiger partial charge in [0.25, 0.3) is 0 Å². The highest BCUT2D eigenvalue weighted by Crippen LogP contribution is 2.37. The molecule has 0 fully saturated rings. The molecule has 3 aromatic rings. The summed E-state index contributed by atoms with van der Waals surface area (Å²) < 4.78 is 0. The van der Waals surface area contributed by atoms with Crippen molar-refractivity contribution in [1.29, 1.82) is 0 Å². The third-order valence-electron chi connectivity index (χ3n) is 4.89. The van der Waals surface area contributed by atoms with Gasteiger partial charge in [-0.05, 0) is 52.1 Å². The third-order valence-corrected chi connectivity index (χ3v) is 4.89. The first-order valence-electron chi connectivity index (χ1n) is 9.04. The average Bonchev–Trinajstić information content (AvgIpc) is 2.71. The smallest absolute Gasteiger partial charge is 0.186 e. The summed E-state index contributed by atoms with van der Waals surface area (Å²) in [4.78, 5) is 14.4. The van der Waals surface area contributed by atoms with Crippen molar-refractivity contribution in [3.05, 3.63) is 113 Å². The van der Waals surface area contributed by atoms with Gasteiger partial charge in [0.2, 0.25) is 0 Å². The zero-order valence-corrected chi connectivity index (χ0v) is 15.5. The van der Waals surface area contributed by atoms with Gasteiger partial charge < -0.3 is 4.90 Å². The third kappa shape index (κ3) is 3.22. The minimum absolute atomic E-state index is 0.0599. The van der Waals surface area contributed by atoms with Crippen LogP contribution in [0.2, 0.25) is 0 Å². The van der Waals surface area contributed by atoms with E-state index < -0.39 is 0 Å². The van der Waals surface area contributed by atoms with Crippen LogP contribution < -0.4 is 4.90 Å². The van der Waals surface area contributed by atoms with Gasteiger partial charge in [-0.15, -0.1) is 0 Å². The molecule has 27 heavy (non-hydrogen) atoms. The van der Waals surface area contributed by atoms with E-state index in [1.807, 2.05) is 62.6 Å². The van der Waals surface area contributed by atoms with Gasteiger partial charge in [0.05, 0.1) is 0 Å². The standard InChI is InChI=1S/C25H21NO/c1-26(2)20-14-12-19(13-15-20)25(18-8-4-3-5-9-18)23-16-17-24(27)22-11-7-6-10-21(22)23/h3-17H,1-2H3. The SMILES string of the molecule is CN(C)c1ccc(C(=C2C=CC(=O)c3ccccc32)c2ccccc2)cc1. The number of hydrogen-bond donors (Lipinski definition) is 0. The number of fused-ring (bicyclic) bond motifs is 1. The highest BCUT2D eigenvalue weighted by molar-refractivity contribution is 6.16. The van der Waals surface area contributed by atoms with E-state index in [0.717, 1.165) is 39.1 Å². The molecule has 0 aromatic heterocycles. The lowest BCUT2D eigenvalue weighted by Gasteiger charge is -2.20. The number of hydrogen-bond acceptors (Lipinski definition) is 2. The van der Waals surface area contributed by atoms with Gasteiger partial charge in [-0.1, -0.05) is 66.7 Å². The second-order valence-electron chi connectivity index (χ2n) is 6.84. The van der Waals surface area contributed by atoms with Crippen LogP contribution in [-0.4, -0.2) is 19.9 Å². The monoisotopic (exact) mass is 351 g/mol. The number of anilines is 1. The molecule has 132 valence electrons. The molecular formula is C25H21NO. The summed E-state index contributed by atoms with van der Waals surface area (Å²) in [5.41, 5.74) is 7.39. The Morgan fingerprint density at radius 1 is 0.667 bits per heavy atom. The summed E-state index contributed by atoms with van der Waals surface area (Å²) in [5, 5.41) is 0. The van der Waals surface area contributed by atoms with Crippen molar-refractivity contribution in [2.45, 2.75) is 0 Å². The number of rotatable bonds is 3. The van der Waals surface area contributed by atoms with Crippen LogP contribution in [0.25, 0.3) is 11.1 Å². The molecule has 0 N–H and O–H groups in total. The lowest BCUT2D eigenvalue weighted by atomic mass is 9.84. The number of ketones is 1. The highest BCUT2D eigenvalue weighted by atomic mass is 16.1. The summed E-state index contributed by atoms with van der Waals surface area (Å²) >= 11 is 0. The molecule has 0 radical (unpaired) electrons. The van der Waals surface area contributed by atoms with Gasteiger partial charge in [-0.25, -0.2) is 0 Å². The Balaban J connectivity index is 1.98. The normalized spacial score (nSPS) is 14.7. The van der Waals surface area contributed by atoms with E-state index in [1.54, 1.807) is 6.08 Å². The van der Waals surface area contributed by atoms with Crippen molar-refractivity contribution < 1.29 is 4.79 Å². The Bertz CT molecular complexity index is 1040. The van der Waals surface area contributed by atoms with E-state index in [-0.39, 0.29) is 5.78 Å². The van der Waals surface area contributed by atoms with Crippen molar-refractivity contribution in [3.8, 4) is 0 Å². The predicted octanol–water partition coefficient (Wildman–Crippen LogP) is 5.46. The minimum atomic E-state index is 0.0599. The Kier molecular flexibility index (Phi) is 4.47. The molecule has 0 saturated carbocycles. The van der Waals surface area contributed by atoms with E-state index in [0.29, 0.717) is 0 Å². The van der Waals surface area contributed by atoms with Gasteiger partial charge in [0, 0.05) is 25.3 Å². The fourth-order valence-corrected chi connectivity index (χ4v) is 3.50. The predicted molar refractivity (Wildman–Crippen MR) is 113 cm³/mol. The lowest BCUT2D eigenvalue weighted by Crippen LogP contribution is -2.08. The van der Waals surface area contributed by atoms with Crippen LogP contribution in [0.1, 0.15) is 27.0 Å². The van der Waals surface area contributed by atoms with Crippen LogP contribution in [0.15, 0.2) is 91.0 Å². The van der Waals surface area contributed by atoms with E-state index in [9.17, 15) is 4.79 Å². The van der Waals surface area contributed by atoms with Crippen molar-refractivity contribution in [3.63, 3.8) is 0 Å². The molecular weight excluding hydrogens is 330 g/mol. The van der Waals surface area contributed by atoms with Crippen LogP contribution in [0.3, 0.4) is 0 Å². The highest BCUT2D eigenvalue weighted by Gasteiger charge is 2.20. The second kappa shape index (κ2) is 7.08. The maximum absolute atomic E-state index is 12.3. The van der Waals surface area contributed by atoms with E-state index in [1.165, 1.54) is 0 Å². The van der Waals surface area contributed by atoms with Crippen molar-refractivity contribution >= 4 is 22.6 Å². The average molecular weight is 351 g/mol. The summed E-state index contributed by atoms with van der Waals surface area (Å²) in [7, 11) is 4.08. The van der Waals surface area contributed by atoms with E-state index >= 15 is 0 Å². The quantitative estimate of drug-likeness (QED) is 0.624. The number of allylic oxidation sites excluding steroid dienone is 3. The minimum Gasteiger partial charge on any atom is -0.378 e. The van der Waals surface area contributed by atoms with Crippen LogP contribution in [0.4, 0.5) is 5.69 Å². The fourth-order valence-electron chi connectivity index (χ4n) is 3.50. The van der Waals surface area contributed by atoms with Crippen LogP contribution in [-0.2, 0) is 0 Å². The summed E-state index contributed by atoms with van der Waals surface area (Å²) in [6, 6.07) is 26.8. The molecule has 1 aliphatic carbocycles. The Labute approximate surface area is 160 Å². The number of carbonyl (C=O) groups is 1. The molecule has 2 nitrogen and oxygen atoms in total. The Morgan fingerprint density at radius 3 is 1.93 bits per heavy atom. The van der Waals surface area contributed by atoms with Crippen molar-refractivity contribution in [2.75, 3.05) is 19.0 Å². The van der Waals surface area contributed by atoms with Gasteiger partial charge >= 0.3 is 0 Å². The number of nitrogens with zero attached hydrogens (tertiary/aromatic N) is 1. The molecule has 2 heteroatoms. The van der Waals surface area contributed by atoms with Crippen molar-refractivity contribution in [1.82, 2.24) is 0 Å². The zero-order chi connectivity index (χ0) is 18.8. The number of carbonyl (C=O) groups excluding carboxylic acids is 1. The maximum atomic E-state index is 12.3. The molecule has 0 heterocycles. The van der Waals surface area contributed by atoms with Gasteiger partial charge in [-0.3, -0.25) is 4.79 Å². The van der Waals surface area contributed by atoms with Crippen LogP contribution in [0.5, 0.6) is 0 Å². The summed E-state index contributed by atoms with van der Waals surface area (Å²) in [5.74, 6) is 0.0599. The molecule has 0 saturated heterocycles. The summed E-state index contributed by atoms with van der Waals surface area (Å²) in [6.07, 6.45) is 3.63. The fraction of sp³-hybridized carbons (Fsp3) is 0.0800. The largest absolute Gasteiger partial charge is 0.378 e. The van der Waals surface area contributed by atoms with E-state index in [4.69, 9.17) is 0 Å². The maximum Gasteiger partial charge on any atom is 0.186 e. The zero-order valence-electron chi connectivity index (χ0n) is 15.5. The molecule has 3 aromatic carbocycles. The molecule has 0 spiro atoms. The van der Waals surface area contributed by atoms with Crippen LogP contribution >= 0.6 is 0 Å². The first-order valence-corrected chi connectivity index (χ1v) is 9.04. The molecule has 1 aliphatic rings. The molecule has 0 amide bonds. The Morgan fingerprint density at radius 2 is 1.26 bits per heavy atom. The Hall–Kier alpha value is -3.39. The number of benzene rings is 3. The molecule has 0 atom stereocenters. The van der Waals surface area contributed by atoms with Crippen LogP contribution in [0, 0.1) is 0 Å². The van der Waals surface area contributed by atoms with Gasteiger partial charge in [0.15, 0.2) is 5.78 Å². The molecule has 4 rings (SSSR count). The lowest BCUT2D eigenvalue weighted by molar-refractivity contribution is 0.104.